The van der Waals surface area contributed by atoms with Gasteiger partial charge in [-0.25, -0.2) is 0 Å². The number of anilines is 2. The third kappa shape index (κ3) is 3.96. The van der Waals surface area contributed by atoms with Crippen molar-refractivity contribution in [1.82, 2.24) is 0 Å². The Morgan fingerprint density at radius 1 is 1.37 bits per heavy atom. The second kappa shape index (κ2) is 6.57. The molecule has 0 saturated heterocycles. The first kappa shape index (κ1) is 15.5. The Bertz CT molecular complexity index is 441. The Labute approximate surface area is 116 Å². The first-order valence-corrected chi connectivity index (χ1v) is 6.65. The number of nitrogens with one attached hydrogen (secondary N) is 1. The summed E-state index contributed by atoms with van der Waals surface area (Å²) < 4.78 is 0. The minimum absolute atomic E-state index is 0.00828. The molecule has 3 N–H and O–H groups in total. The number of nitrogens with zero attached hydrogens (tertiary/aromatic N) is 1. The molecule has 1 unspecified atom stereocenters. The van der Waals surface area contributed by atoms with Gasteiger partial charge in [-0.05, 0) is 30.5 Å². The molecule has 1 aromatic rings. The van der Waals surface area contributed by atoms with Gasteiger partial charge in [0.1, 0.15) is 0 Å². The van der Waals surface area contributed by atoms with Crippen molar-refractivity contribution >= 4 is 17.3 Å². The standard InChI is InChI=1S/C15H25N3O/c1-10(2)13(9-16)15(19)17-12-7-6-11(3)14(8-12)18(4)5/h6-8,10,13H,9,16H2,1-5H3,(H,17,19). The number of rotatable bonds is 5. The van der Waals surface area contributed by atoms with Gasteiger partial charge in [0.15, 0.2) is 0 Å². The number of hydrogen-bond acceptors (Lipinski definition) is 3. The normalized spacial score (nSPS) is 12.4. The highest BCUT2D eigenvalue weighted by molar-refractivity contribution is 5.93. The van der Waals surface area contributed by atoms with Crippen LogP contribution in [0, 0.1) is 18.8 Å². The molecule has 0 saturated carbocycles. The third-order valence-electron chi connectivity index (χ3n) is 3.35. The fourth-order valence-electron chi connectivity index (χ4n) is 2.09. The van der Waals surface area contributed by atoms with E-state index in [1.165, 1.54) is 5.56 Å². The van der Waals surface area contributed by atoms with E-state index in [2.05, 4.69) is 12.2 Å². The Morgan fingerprint density at radius 2 is 2.00 bits per heavy atom. The highest BCUT2D eigenvalue weighted by atomic mass is 16.1. The second-order valence-electron chi connectivity index (χ2n) is 5.47. The molecule has 4 nitrogen and oxygen atoms in total. The Morgan fingerprint density at radius 3 is 2.47 bits per heavy atom. The molecule has 0 aromatic heterocycles. The van der Waals surface area contributed by atoms with E-state index in [0.29, 0.717) is 6.54 Å². The van der Waals surface area contributed by atoms with Crippen LogP contribution in [0.1, 0.15) is 19.4 Å². The van der Waals surface area contributed by atoms with Crippen molar-refractivity contribution in [3.8, 4) is 0 Å². The molecule has 0 aliphatic carbocycles. The summed E-state index contributed by atoms with van der Waals surface area (Å²) >= 11 is 0. The molecule has 0 bridgehead atoms. The van der Waals surface area contributed by atoms with Crippen molar-refractivity contribution < 1.29 is 4.79 Å². The van der Waals surface area contributed by atoms with E-state index < -0.39 is 0 Å². The smallest absolute Gasteiger partial charge is 0.229 e. The van der Waals surface area contributed by atoms with E-state index in [1.807, 2.05) is 51.0 Å². The summed E-state index contributed by atoms with van der Waals surface area (Å²) in [7, 11) is 3.98. The first-order chi connectivity index (χ1) is 8.86. The summed E-state index contributed by atoms with van der Waals surface area (Å²) in [6.45, 7) is 6.45. The largest absolute Gasteiger partial charge is 0.377 e. The molecule has 19 heavy (non-hydrogen) atoms. The molecular formula is C15H25N3O. The van der Waals surface area contributed by atoms with Crippen LogP contribution in [0.15, 0.2) is 18.2 Å². The van der Waals surface area contributed by atoms with Crippen LogP contribution in [0.4, 0.5) is 11.4 Å². The highest BCUT2D eigenvalue weighted by Crippen LogP contribution is 2.23. The van der Waals surface area contributed by atoms with Gasteiger partial charge >= 0.3 is 0 Å². The predicted octanol–water partition coefficient (Wildman–Crippen LogP) is 2.23. The van der Waals surface area contributed by atoms with E-state index in [4.69, 9.17) is 5.73 Å². The van der Waals surface area contributed by atoms with Gasteiger partial charge in [-0.3, -0.25) is 4.79 Å². The Kier molecular flexibility index (Phi) is 5.36. The van der Waals surface area contributed by atoms with Crippen LogP contribution in [0.5, 0.6) is 0 Å². The van der Waals surface area contributed by atoms with Gasteiger partial charge in [0.05, 0.1) is 5.92 Å². The molecule has 1 aromatic carbocycles. The number of nitrogens with two attached hydrogens (primary N) is 1. The monoisotopic (exact) mass is 263 g/mol. The first-order valence-electron chi connectivity index (χ1n) is 6.65. The number of hydrogen-bond donors (Lipinski definition) is 2. The highest BCUT2D eigenvalue weighted by Gasteiger charge is 2.20. The summed E-state index contributed by atoms with van der Waals surface area (Å²) in [4.78, 5) is 14.2. The predicted molar refractivity (Wildman–Crippen MR) is 81.5 cm³/mol. The quantitative estimate of drug-likeness (QED) is 0.856. The average Bonchev–Trinajstić information content (AvgIpc) is 2.31. The Hall–Kier alpha value is -1.55. The van der Waals surface area contributed by atoms with Crippen molar-refractivity contribution in [2.24, 2.45) is 17.6 Å². The maximum Gasteiger partial charge on any atom is 0.229 e. The van der Waals surface area contributed by atoms with Crippen LogP contribution in [-0.2, 0) is 4.79 Å². The van der Waals surface area contributed by atoms with Gasteiger partial charge in [0.25, 0.3) is 0 Å². The molecule has 1 atom stereocenters. The summed E-state index contributed by atoms with van der Waals surface area (Å²) in [5.41, 5.74) is 8.77. The lowest BCUT2D eigenvalue weighted by Crippen LogP contribution is -2.33. The van der Waals surface area contributed by atoms with E-state index in [9.17, 15) is 4.79 Å². The molecule has 4 heteroatoms. The van der Waals surface area contributed by atoms with E-state index in [0.717, 1.165) is 11.4 Å². The zero-order chi connectivity index (χ0) is 14.6. The molecule has 0 aliphatic rings. The molecule has 1 rings (SSSR count). The van der Waals surface area contributed by atoms with Gasteiger partial charge in [-0.2, -0.15) is 0 Å². The van der Waals surface area contributed by atoms with Crippen molar-refractivity contribution in [3.05, 3.63) is 23.8 Å². The topological polar surface area (TPSA) is 58.4 Å². The number of benzene rings is 1. The van der Waals surface area contributed by atoms with Crippen LogP contribution in [-0.4, -0.2) is 26.5 Å². The maximum absolute atomic E-state index is 12.1. The lowest BCUT2D eigenvalue weighted by atomic mass is 9.95. The lowest BCUT2D eigenvalue weighted by Gasteiger charge is -2.20. The van der Waals surface area contributed by atoms with E-state index in [-0.39, 0.29) is 17.7 Å². The molecule has 106 valence electrons. The minimum Gasteiger partial charge on any atom is -0.377 e. The van der Waals surface area contributed by atoms with Crippen molar-refractivity contribution in [2.75, 3.05) is 30.9 Å². The molecule has 0 radical (unpaired) electrons. The van der Waals surface area contributed by atoms with Gasteiger partial charge in [0.2, 0.25) is 5.91 Å². The van der Waals surface area contributed by atoms with Gasteiger partial charge < -0.3 is 16.0 Å². The lowest BCUT2D eigenvalue weighted by molar-refractivity contribution is -0.120. The average molecular weight is 263 g/mol. The summed E-state index contributed by atoms with van der Waals surface area (Å²) in [6, 6.07) is 5.92. The number of aryl methyl sites for hydroxylation is 1. The third-order valence-corrected chi connectivity index (χ3v) is 3.35. The van der Waals surface area contributed by atoms with Gasteiger partial charge in [0, 0.05) is 32.0 Å². The number of carbonyl (C=O) groups is 1. The second-order valence-corrected chi connectivity index (χ2v) is 5.47. The van der Waals surface area contributed by atoms with Crippen molar-refractivity contribution in [2.45, 2.75) is 20.8 Å². The molecule has 1 amide bonds. The van der Waals surface area contributed by atoms with Gasteiger partial charge in [-0.1, -0.05) is 19.9 Å². The summed E-state index contributed by atoms with van der Waals surface area (Å²) in [5.74, 6) is 0.0823. The summed E-state index contributed by atoms with van der Waals surface area (Å²) in [5, 5.41) is 2.95. The number of amides is 1. The van der Waals surface area contributed by atoms with Crippen LogP contribution in [0.25, 0.3) is 0 Å². The van der Waals surface area contributed by atoms with E-state index >= 15 is 0 Å². The van der Waals surface area contributed by atoms with Crippen LogP contribution >= 0.6 is 0 Å². The molecule has 0 aliphatic heterocycles. The van der Waals surface area contributed by atoms with Gasteiger partial charge in [-0.15, -0.1) is 0 Å². The van der Waals surface area contributed by atoms with Crippen LogP contribution in [0.3, 0.4) is 0 Å². The van der Waals surface area contributed by atoms with Crippen LogP contribution in [0.2, 0.25) is 0 Å². The molecule has 0 fully saturated rings. The zero-order valence-electron chi connectivity index (χ0n) is 12.5. The van der Waals surface area contributed by atoms with Crippen molar-refractivity contribution in [1.29, 1.82) is 0 Å². The van der Waals surface area contributed by atoms with E-state index in [1.54, 1.807) is 0 Å². The SMILES string of the molecule is Cc1ccc(NC(=O)C(CN)C(C)C)cc1N(C)C. The number of carbonyl (C=O) groups excluding carboxylic acids is 1. The molecular weight excluding hydrogens is 238 g/mol. The zero-order valence-corrected chi connectivity index (χ0v) is 12.5. The fourth-order valence-corrected chi connectivity index (χ4v) is 2.09. The fraction of sp³-hybridized carbons (Fsp3) is 0.533. The minimum atomic E-state index is -0.149. The Balaban J connectivity index is 2.88. The maximum atomic E-state index is 12.1. The molecule has 0 heterocycles. The van der Waals surface area contributed by atoms with Crippen LogP contribution < -0.4 is 16.0 Å². The van der Waals surface area contributed by atoms with Crippen molar-refractivity contribution in [3.63, 3.8) is 0 Å². The summed E-state index contributed by atoms with van der Waals surface area (Å²) in [6.07, 6.45) is 0. The molecule has 0 spiro atoms.